The third kappa shape index (κ3) is 4.42. The standard InChI is InChI=1S/C15H18ClFN4S/c1-10-14(16)11(2)21(20-10)9-3-8-18-15(22)19-13-6-4-12(17)5-7-13/h4-7H,3,8-9H2,1-2H3,(H2,18,19,22). The molecule has 7 heteroatoms. The van der Waals surface area contributed by atoms with Gasteiger partial charge in [0, 0.05) is 18.8 Å². The number of thiocarbonyl (C=S) groups is 1. The molecule has 0 aliphatic carbocycles. The molecule has 0 atom stereocenters. The van der Waals surface area contributed by atoms with Crippen LogP contribution in [0.25, 0.3) is 0 Å². The van der Waals surface area contributed by atoms with Crippen molar-refractivity contribution in [2.45, 2.75) is 26.8 Å². The van der Waals surface area contributed by atoms with E-state index in [0.29, 0.717) is 11.7 Å². The van der Waals surface area contributed by atoms with Crippen LogP contribution >= 0.6 is 23.8 Å². The summed E-state index contributed by atoms with van der Waals surface area (Å²) in [6.45, 7) is 5.33. The Labute approximate surface area is 139 Å². The minimum Gasteiger partial charge on any atom is -0.362 e. The third-order valence-electron chi connectivity index (χ3n) is 3.23. The van der Waals surface area contributed by atoms with Crippen LogP contribution in [0.15, 0.2) is 24.3 Å². The van der Waals surface area contributed by atoms with Gasteiger partial charge in [0.2, 0.25) is 0 Å². The van der Waals surface area contributed by atoms with Crippen LogP contribution in [-0.4, -0.2) is 21.4 Å². The summed E-state index contributed by atoms with van der Waals surface area (Å²) in [5.41, 5.74) is 2.58. The highest BCUT2D eigenvalue weighted by Gasteiger charge is 2.08. The molecule has 0 saturated carbocycles. The van der Waals surface area contributed by atoms with E-state index < -0.39 is 0 Å². The second-order valence-corrected chi connectivity index (χ2v) is 5.74. The van der Waals surface area contributed by atoms with Crippen LogP contribution in [0.4, 0.5) is 10.1 Å². The predicted octanol–water partition coefficient (Wildman–Crippen LogP) is 3.67. The molecule has 1 heterocycles. The quantitative estimate of drug-likeness (QED) is 0.643. The maximum absolute atomic E-state index is 12.8. The molecule has 0 spiro atoms. The van der Waals surface area contributed by atoms with E-state index in [9.17, 15) is 4.39 Å². The summed E-state index contributed by atoms with van der Waals surface area (Å²) in [5, 5.41) is 11.7. The zero-order valence-corrected chi connectivity index (χ0v) is 14.1. The fraction of sp³-hybridized carbons (Fsp3) is 0.333. The Morgan fingerprint density at radius 2 is 2.00 bits per heavy atom. The molecule has 118 valence electrons. The Bertz CT molecular complexity index is 654. The first-order valence-corrected chi connectivity index (χ1v) is 7.76. The highest BCUT2D eigenvalue weighted by molar-refractivity contribution is 7.80. The first-order chi connectivity index (χ1) is 10.5. The Morgan fingerprint density at radius 3 is 2.59 bits per heavy atom. The topological polar surface area (TPSA) is 41.9 Å². The van der Waals surface area contributed by atoms with Crippen molar-refractivity contribution in [2.24, 2.45) is 0 Å². The summed E-state index contributed by atoms with van der Waals surface area (Å²) in [6, 6.07) is 6.05. The molecular weight excluding hydrogens is 323 g/mol. The van der Waals surface area contributed by atoms with E-state index in [-0.39, 0.29) is 5.82 Å². The SMILES string of the molecule is Cc1nn(CCCNC(=S)Nc2ccc(F)cc2)c(C)c1Cl. The number of aromatic nitrogens is 2. The average Bonchev–Trinajstić information content (AvgIpc) is 2.73. The Hall–Kier alpha value is -1.66. The molecule has 2 aromatic rings. The Kier molecular flexibility index (Phi) is 5.74. The maximum Gasteiger partial charge on any atom is 0.170 e. The molecule has 1 aromatic heterocycles. The fourth-order valence-corrected chi connectivity index (χ4v) is 2.39. The first kappa shape index (κ1) is 16.7. The molecule has 0 fully saturated rings. The van der Waals surface area contributed by atoms with Gasteiger partial charge in [-0.05, 0) is 56.8 Å². The van der Waals surface area contributed by atoms with Gasteiger partial charge in [0.25, 0.3) is 0 Å². The van der Waals surface area contributed by atoms with Gasteiger partial charge < -0.3 is 10.6 Å². The van der Waals surface area contributed by atoms with Crippen LogP contribution in [0.5, 0.6) is 0 Å². The van der Waals surface area contributed by atoms with Gasteiger partial charge in [0.1, 0.15) is 5.82 Å². The van der Waals surface area contributed by atoms with Gasteiger partial charge in [0.15, 0.2) is 5.11 Å². The van der Waals surface area contributed by atoms with Crippen LogP contribution < -0.4 is 10.6 Å². The summed E-state index contributed by atoms with van der Waals surface area (Å²) in [7, 11) is 0. The van der Waals surface area contributed by atoms with Gasteiger partial charge >= 0.3 is 0 Å². The lowest BCUT2D eigenvalue weighted by atomic mass is 10.3. The maximum atomic E-state index is 12.8. The van der Waals surface area contributed by atoms with Crippen molar-refractivity contribution in [1.29, 1.82) is 0 Å². The van der Waals surface area contributed by atoms with E-state index in [2.05, 4.69) is 15.7 Å². The molecule has 1 aromatic carbocycles. The molecule has 0 saturated heterocycles. The van der Waals surface area contributed by atoms with Crippen molar-refractivity contribution in [3.63, 3.8) is 0 Å². The molecule has 2 rings (SSSR count). The summed E-state index contributed by atoms with van der Waals surface area (Å²) in [6.07, 6.45) is 0.865. The summed E-state index contributed by atoms with van der Waals surface area (Å²) in [4.78, 5) is 0. The number of rotatable bonds is 5. The normalized spacial score (nSPS) is 10.5. The molecule has 0 amide bonds. The van der Waals surface area contributed by atoms with Gasteiger partial charge in [-0.3, -0.25) is 4.68 Å². The molecule has 2 N–H and O–H groups in total. The van der Waals surface area contributed by atoms with Crippen molar-refractivity contribution in [1.82, 2.24) is 15.1 Å². The van der Waals surface area contributed by atoms with E-state index in [1.165, 1.54) is 12.1 Å². The van der Waals surface area contributed by atoms with Crippen molar-refractivity contribution in [3.8, 4) is 0 Å². The molecule has 22 heavy (non-hydrogen) atoms. The zero-order chi connectivity index (χ0) is 16.1. The van der Waals surface area contributed by atoms with Crippen molar-refractivity contribution < 1.29 is 4.39 Å². The highest BCUT2D eigenvalue weighted by Crippen LogP contribution is 2.18. The minimum atomic E-state index is -0.270. The second kappa shape index (κ2) is 7.56. The molecule has 0 bridgehead atoms. The van der Waals surface area contributed by atoms with Crippen LogP contribution in [0.1, 0.15) is 17.8 Å². The number of hydrogen-bond donors (Lipinski definition) is 2. The molecule has 0 radical (unpaired) electrons. The highest BCUT2D eigenvalue weighted by atomic mass is 35.5. The lowest BCUT2D eigenvalue weighted by Crippen LogP contribution is -2.29. The van der Waals surface area contributed by atoms with Gasteiger partial charge in [0.05, 0.1) is 16.4 Å². The summed E-state index contributed by atoms with van der Waals surface area (Å²) in [5.74, 6) is -0.270. The molecular formula is C15H18ClFN4S. The Balaban J connectivity index is 1.73. The monoisotopic (exact) mass is 340 g/mol. The smallest absolute Gasteiger partial charge is 0.170 e. The number of anilines is 1. The van der Waals surface area contributed by atoms with Crippen LogP contribution in [-0.2, 0) is 6.54 Å². The van der Waals surface area contributed by atoms with Crippen molar-refractivity contribution >= 4 is 34.6 Å². The molecule has 0 aliphatic heterocycles. The van der Waals surface area contributed by atoms with Crippen molar-refractivity contribution in [2.75, 3.05) is 11.9 Å². The molecule has 0 unspecified atom stereocenters. The van der Waals surface area contributed by atoms with Gasteiger partial charge in [-0.1, -0.05) is 11.6 Å². The van der Waals surface area contributed by atoms with Gasteiger partial charge in [-0.15, -0.1) is 0 Å². The minimum absolute atomic E-state index is 0.270. The van der Waals surface area contributed by atoms with Crippen LogP contribution in [0, 0.1) is 19.7 Å². The van der Waals surface area contributed by atoms with E-state index in [1.807, 2.05) is 18.5 Å². The fourth-order valence-electron chi connectivity index (χ4n) is 2.03. The average molecular weight is 341 g/mol. The van der Waals surface area contributed by atoms with Crippen LogP contribution in [0.2, 0.25) is 5.02 Å². The number of halogens is 2. The van der Waals surface area contributed by atoms with E-state index in [1.54, 1.807) is 12.1 Å². The predicted molar refractivity (Wildman–Crippen MR) is 92.0 cm³/mol. The van der Waals surface area contributed by atoms with E-state index in [0.717, 1.165) is 35.1 Å². The van der Waals surface area contributed by atoms with Gasteiger partial charge in [-0.2, -0.15) is 5.10 Å². The number of benzene rings is 1. The number of aryl methyl sites for hydroxylation is 2. The van der Waals surface area contributed by atoms with Crippen molar-refractivity contribution in [3.05, 3.63) is 46.5 Å². The number of nitrogens with zero attached hydrogens (tertiary/aromatic N) is 2. The van der Waals surface area contributed by atoms with Crippen LogP contribution in [0.3, 0.4) is 0 Å². The number of nitrogens with one attached hydrogen (secondary N) is 2. The lowest BCUT2D eigenvalue weighted by molar-refractivity contribution is 0.558. The zero-order valence-electron chi connectivity index (χ0n) is 12.5. The summed E-state index contributed by atoms with van der Waals surface area (Å²) < 4.78 is 14.7. The molecule has 4 nitrogen and oxygen atoms in total. The second-order valence-electron chi connectivity index (χ2n) is 4.95. The number of hydrogen-bond acceptors (Lipinski definition) is 2. The van der Waals surface area contributed by atoms with E-state index >= 15 is 0 Å². The largest absolute Gasteiger partial charge is 0.362 e. The molecule has 0 aliphatic rings. The Morgan fingerprint density at radius 1 is 1.32 bits per heavy atom. The van der Waals surface area contributed by atoms with E-state index in [4.69, 9.17) is 23.8 Å². The first-order valence-electron chi connectivity index (χ1n) is 6.97. The summed E-state index contributed by atoms with van der Waals surface area (Å²) >= 11 is 11.3. The lowest BCUT2D eigenvalue weighted by Gasteiger charge is -2.11. The van der Waals surface area contributed by atoms with Gasteiger partial charge in [-0.25, -0.2) is 4.39 Å². The third-order valence-corrected chi connectivity index (χ3v) is 4.02.